The van der Waals surface area contributed by atoms with Crippen LogP contribution in [0.2, 0.25) is 0 Å². The molecule has 2 fully saturated rings. The van der Waals surface area contributed by atoms with Crippen molar-refractivity contribution in [3.05, 3.63) is 0 Å². The van der Waals surface area contributed by atoms with Crippen LogP contribution in [0.15, 0.2) is 0 Å². The number of aliphatic hydroxyl groups excluding tert-OH is 1. The third-order valence-electron chi connectivity index (χ3n) is 3.75. The zero-order valence-electron chi connectivity index (χ0n) is 9.95. The summed E-state index contributed by atoms with van der Waals surface area (Å²) in [4.78, 5) is 2.63. The second-order valence-corrected chi connectivity index (χ2v) is 5.18. The van der Waals surface area contributed by atoms with Crippen LogP contribution in [0.5, 0.6) is 0 Å². The third kappa shape index (κ3) is 2.92. The van der Waals surface area contributed by atoms with Crippen LogP contribution in [0.1, 0.15) is 39.5 Å². The highest BCUT2D eigenvalue weighted by atomic mass is 16.3. The molecule has 0 aromatic heterocycles. The van der Waals surface area contributed by atoms with E-state index in [2.05, 4.69) is 17.1 Å². The molecule has 0 radical (unpaired) electrons. The van der Waals surface area contributed by atoms with Gasteiger partial charge in [0.2, 0.25) is 0 Å². The monoisotopic (exact) mass is 212 g/mol. The minimum Gasteiger partial charge on any atom is -0.392 e. The van der Waals surface area contributed by atoms with Crippen LogP contribution in [-0.4, -0.2) is 47.3 Å². The molecule has 2 N–H and O–H groups in total. The predicted octanol–water partition coefficient (Wildman–Crippen LogP) is 0.972. The number of rotatable bonds is 5. The molecule has 0 aromatic carbocycles. The van der Waals surface area contributed by atoms with Crippen LogP contribution in [0, 0.1) is 0 Å². The molecule has 3 atom stereocenters. The fourth-order valence-corrected chi connectivity index (χ4v) is 2.57. The Morgan fingerprint density at radius 3 is 2.80 bits per heavy atom. The summed E-state index contributed by atoms with van der Waals surface area (Å²) in [6, 6.07) is 2.21. The maximum absolute atomic E-state index is 9.50. The van der Waals surface area contributed by atoms with Gasteiger partial charge < -0.3 is 10.4 Å². The first-order valence-corrected chi connectivity index (χ1v) is 6.38. The molecular weight excluding hydrogens is 188 g/mol. The van der Waals surface area contributed by atoms with E-state index in [-0.39, 0.29) is 6.10 Å². The largest absolute Gasteiger partial charge is 0.392 e. The number of hydrogen-bond acceptors (Lipinski definition) is 3. The molecule has 1 heterocycles. The summed E-state index contributed by atoms with van der Waals surface area (Å²) >= 11 is 0. The summed E-state index contributed by atoms with van der Waals surface area (Å²) in [7, 11) is 0. The van der Waals surface area contributed by atoms with E-state index in [9.17, 15) is 5.11 Å². The van der Waals surface area contributed by atoms with Gasteiger partial charge in [-0.25, -0.2) is 0 Å². The van der Waals surface area contributed by atoms with E-state index < -0.39 is 0 Å². The second kappa shape index (κ2) is 4.81. The van der Waals surface area contributed by atoms with Gasteiger partial charge in [-0.3, -0.25) is 4.90 Å². The van der Waals surface area contributed by atoms with Crippen molar-refractivity contribution >= 4 is 0 Å². The van der Waals surface area contributed by atoms with Crippen molar-refractivity contribution in [3.8, 4) is 0 Å². The topological polar surface area (TPSA) is 35.5 Å². The lowest BCUT2D eigenvalue weighted by Gasteiger charge is -2.20. The average Bonchev–Trinajstić information content (AvgIpc) is 3.00. The zero-order valence-corrected chi connectivity index (χ0v) is 9.95. The summed E-state index contributed by atoms with van der Waals surface area (Å²) in [5.41, 5.74) is 0. The van der Waals surface area contributed by atoms with E-state index >= 15 is 0 Å². The second-order valence-electron chi connectivity index (χ2n) is 5.18. The number of nitrogens with one attached hydrogen (secondary N) is 1. The summed E-state index contributed by atoms with van der Waals surface area (Å²) in [6.45, 7) is 6.30. The number of hydrogen-bond donors (Lipinski definition) is 2. The van der Waals surface area contributed by atoms with Gasteiger partial charge in [-0.1, -0.05) is 6.92 Å². The Hall–Kier alpha value is -0.120. The normalized spacial score (nSPS) is 34.6. The van der Waals surface area contributed by atoms with Crippen LogP contribution >= 0.6 is 0 Å². The van der Waals surface area contributed by atoms with E-state index in [0.717, 1.165) is 25.0 Å². The fourth-order valence-electron chi connectivity index (χ4n) is 2.57. The van der Waals surface area contributed by atoms with Crippen LogP contribution < -0.4 is 5.32 Å². The quantitative estimate of drug-likeness (QED) is 0.713. The van der Waals surface area contributed by atoms with Gasteiger partial charge >= 0.3 is 0 Å². The van der Waals surface area contributed by atoms with Crippen molar-refractivity contribution in [1.29, 1.82) is 0 Å². The highest BCUT2D eigenvalue weighted by molar-refractivity contribution is 4.96. The molecule has 2 rings (SSSR count). The van der Waals surface area contributed by atoms with Gasteiger partial charge in [0.15, 0.2) is 0 Å². The Bertz CT molecular complexity index is 206. The molecule has 1 aliphatic heterocycles. The summed E-state index contributed by atoms with van der Waals surface area (Å²) in [5.74, 6) is 0. The Balaban J connectivity index is 1.71. The van der Waals surface area contributed by atoms with E-state index in [1.54, 1.807) is 0 Å². The minimum atomic E-state index is -0.171. The molecule has 0 aromatic rings. The predicted molar refractivity (Wildman–Crippen MR) is 61.9 cm³/mol. The molecule has 2 aliphatic rings. The molecule has 0 bridgehead atoms. The van der Waals surface area contributed by atoms with Crippen LogP contribution in [-0.2, 0) is 0 Å². The lowest BCUT2D eigenvalue weighted by Crippen LogP contribution is -2.37. The molecule has 0 amide bonds. The number of nitrogens with zero attached hydrogens (tertiary/aromatic N) is 1. The zero-order chi connectivity index (χ0) is 10.8. The lowest BCUT2D eigenvalue weighted by molar-refractivity contribution is 0.162. The van der Waals surface area contributed by atoms with Gasteiger partial charge in [0, 0.05) is 31.2 Å². The van der Waals surface area contributed by atoms with Gasteiger partial charge in [-0.2, -0.15) is 0 Å². The van der Waals surface area contributed by atoms with Gasteiger partial charge in [0.05, 0.1) is 6.10 Å². The van der Waals surface area contributed by atoms with Crippen molar-refractivity contribution in [2.24, 2.45) is 0 Å². The Morgan fingerprint density at radius 2 is 2.20 bits per heavy atom. The number of aliphatic hydroxyl groups is 1. The summed E-state index contributed by atoms with van der Waals surface area (Å²) in [6.07, 6.45) is 4.72. The lowest BCUT2D eigenvalue weighted by atomic mass is 10.2. The average molecular weight is 212 g/mol. The van der Waals surface area contributed by atoms with E-state index in [0.29, 0.717) is 6.04 Å². The molecule has 1 saturated heterocycles. The maximum Gasteiger partial charge on any atom is 0.0662 e. The number of likely N-dealkylation sites (tertiary alicyclic amines) is 1. The van der Waals surface area contributed by atoms with Crippen LogP contribution in [0.3, 0.4) is 0 Å². The highest BCUT2D eigenvalue weighted by Crippen LogP contribution is 2.33. The molecule has 15 heavy (non-hydrogen) atoms. The van der Waals surface area contributed by atoms with Crippen molar-refractivity contribution in [2.45, 2.75) is 63.8 Å². The van der Waals surface area contributed by atoms with E-state index in [4.69, 9.17) is 0 Å². The Kier molecular flexibility index (Phi) is 3.65. The molecule has 1 saturated carbocycles. The first-order valence-electron chi connectivity index (χ1n) is 6.38. The van der Waals surface area contributed by atoms with Crippen molar-refractivity contribution in [2.75, 3.05) is 13.1 Å². The minimum absolute atomic E-state index is 0.171. The molecular formula is C12H24N2O. The van der Waals surface area contributed by atoms with E-state index in [1.807, 2.05) is 6.92 Å². The molecule has 3 unspecified atom stereocenters. The fraction of sp³-hybridized carbons (Fsp3) is 1.00. The summed E-state index contributed by atoms with van der Waals surface area (Å²) < 4.78 is 0. The van der Waals surface area contributed by atoms with Crippen LogP contribution in [0.25, 0.3) is 0 Å². The van der Waals surface area contributed by atoms with Gasteiger partial charge in [-0.05, 0) is 32.6 Å². The molecule has 1 aliphatic carbocycles. The first kappa shape index (κ1) is 11.4. The molecule has 88 valence electrons. The SMILES string of the molecule is CCC(O)CNC1CC(C)N(C2CC2)C1. The van der Waals surface area contributed by atoms with Gasteiger partial charge in [-0.15, -0.1) is 0 Å². The molecule has 3 heteroatoms. The molecule has 0 spiro atoms. The highest BCUT2D eigenvalue weighted by Gasteiger charge is 2.38. The first-order chi connectivity index (χ1) is 7.20. The Morgan fingerprint density at radius 1 is 1.47 bits per heavy atom. The van der Waals surface area contributed by atoms with Crippen molar-refractivity contribution in [3.63, 3.8) is 0 Å². The Labute approximate surface area is 92.8 Å². The maximum atomic E-state index is 9.50. The van der Waals surface area contributed by atoms with Gasteiger partial charge in [0.25, 0.3) is 0 Å². The van der Waals surface area contributed by atoms with Crippen molar-refractivity contribution in [1.82, 2.24) is 10.2 Å². The van der Waals surface area contributed by atoms with Crippen molar-refractivity contribution < 1.29 is 5.11 Å². The standard InChI is InChI=1S/C12H24N2O/c1-3-12(15)7-13-10-6-9(2)14(8-10)11-4-5-11/h9-13,15H,3-8H2,1-2H3. The van der Waals surface area contributed by atoms with Gasteiger partial charge in [0.1, 0.15) is 0 Å². The summed E-state index contributed by atoms with van der Waals surface area (Å²) in [5, 5.41) is 13.0. The van der Waals surface area contributed by atoms with E-state index in [1.165, 1.54) is 25.8 Å². The third-order valence-corrected chi connectivity index (χ3v) is 3.75. The smallest absolute Gasteiger partial charge is 0.0662 e. The van der Waals surface area contributed by atoms with Crippen LogP contribution in [0.4, 0.5) is 0 Å². The molecule has 3 nitrogen and oxygen atoms in total.